The summed E-state index contributed by atoms with van der Waals surface area (Å²) in [5.41, 5.74) is 0.773. The summed E-state index contributed by atoms with van der Waals surface area (Å²) in [6.07, 6.45) is 6.50. The topological polar surface area (TPSA) is 63.7 Å². The number of anilines is 1. The number of benzene rings is 1. The summed E-state index contributed by atoms with van der Waals surface area (Å²) < 4.78 is 4.80. The SMILES string of the molecule is COC(=O)c1ccccc1N1C(=O)C2C(C1=O)C1C=CC2C12CC2. The van der Waals surface area contributed by atoms with Crippen molar-refractivity contribution in [1.82, 2.24) is 0 Å². The van der Waals surface area contributed by atoms with Crippen LogP contribution in [0.2, 0.25) is 0 Å². The molecule has 2 saturated carbocycles. The Hall–Kier alpha value is -2.43. The molecule has 4 atom stereocenters. The molecule has 1 saturated heterocycles. The predicted octanol–water partition coefficient (Wildman–Crippen LogP) is 2.17. The number of nitrogens with zero attached hydrogens (tertiary/aromatic N) is 1. The number of fused-ring (bicyclic) bond motifs is 3. The molecule has 5 rings (SSSR count). The van der Waals surface area contributed by atoms with E-state index in [1.54, 1.807) is 24.3 Å². The first-order valence-corrected chi connectivity index (χ1v) is 8.33. The molecular formula is C19H17NO4. The predicted molar refractivity (Wildman–Crippen MR) is 85.0 cm³/mol. The Morgan fingerprint density at radius 2 is 1.67 bits per heavy atom. The number of hydrogen-bond donors (Lipinski definition) is 0. The lowest BCUT2D eigenvalue weighted by molar-refractivity contribution is -0.123. The van der Waals surface area contributed by atoms with Crippen molar-refractivity contribution in [1.29, 1.82) is 0 Å². The number of allylic oxidation sites excluding steroid dienone is 2. The maximum absolute atomic E-state index is 13.1. The minimum atomic E-state index is -0.539. The van der Waals surface area contributed by atoms with Gasteiger partial charge in [-0.1, -0.05) is 24.3 Å². The fourth-order valence-electron chi connectivity index (χ4n) is 5.27. The number of methoxy groups -OCH3 is 1. The van der Waals surface area contributed by atoms with E-state index in [4.69, 9.17) is 4.74 Å². The largest absolute Gasteiger partial charge is 0.465 e. The molecule has 1 heterocycles. The highest BCUT2D eigenvalue weighted by molar-refractivity contribution is 6.24. The van der Waals surface area contributed by atoms with E-state index in [1.165, 1.54) is 12.0 Å². The summed E-state index contributed by atoms with van der Waals surface area (Å²) in [6, 6.07) is 6.66. The van der Waals surface area contributed by atoms with Gasteiger partial charge in [-0.3, -0.25) is 9.59 Å². The first kappa shape index (κ1) is 14.0. The fraction of sp³-hybridized carbons (Fsp3) is 0.421. The molecule has 1 aromatic carbocycles. The second kappa shape index (κ2) is 4.35. The van der Waals surface area contributed by atoms with Gasteiger partial charge in [-0.25, -0.2) is 9.69 Å². The first-order valence-electron chi connectivity index (χ1n) is 8.33. The zero-order chi connectivity index (χ0) is 16.6. The van der Waals surface area contributed by atoms with E-state index in [-0.39, 0.29) is 46.5 Å². The second-order valence-electron chi connectivity index (χ2n) is 7.24. The third-order valence-electron chi connectivity index (χ3n) is 6.40. The Balaban J connectivity index is 1.58. The van der Waals surface area contributed by atoms with Gasteiger partial charge < -0.3 is 4.74 Å². The number of para-hydroxylation sites is 1. The van der Waals surface area contributed by atoms with Crippen molar-refractivity contribution in [2.75, 3.05) is 12.0 Å². The zero-order valence-electron chi connectivity index (χ0n) is 13.3. The third-order valence-corrected chi connectivity index (χ3v) is 6.40. The van der Waals surface area contributed by atoms with Gasteiger partial charge in [0.1, 0.15) is 0 Å². The zero-order valence-corrected chi connectivity index (χ0v) is 13.3. The van der Waals surface area contributed by atoms with Gasteiger partial charge >= 0.3 is 5.97 Å². The van der Waals surface area contributed by atoms with Crippen LogP contribution in [0, 0.1) is 29.1 Å². The van der Waals surface area contributed by atoms with Crippen LogP contribution >= 0.6 is 0 Å². The van der Waals surface area contributed by atoms with Gasteiger partial charge in [0, 0.05) is 0 Å². The van der Waals surface area contributed by atoms with Crippen LogP contribution in [0.25, 0.3) is 0 Å². The van der Waals surface area contributed by atoms with Gasteiger partial charge in [-0.2, -0.15) is 0 Å². The van der Waals surface area contributed by atoms with E-state index in [0.717, 1.165) is 12.8 Å². The molecule has 1 aromatic rings. The molecule has 1 aliphatic heterocycles. The lowest BCUT2D eigenvalue weighted by Gasteiger charge is -2.23. The lowest BCUT2D eigenvalue weighted by Crippen LogP contribution is -2.35. The molecule has 0 radical (unpaired) electrons. The molecule has 3 fully saturated rings. The maximum atomic E-state index is 13.1. The first-order chi connectivity index (χ1) is 11.6. The lowest BCUT2D eigenvalue weighted by atomic mass is 9.85. The van der Waals surface area contributed by atoms with Crippen molar-refractivity contribution in [2.24, 2.45) is 29.1 Å². The average Bonchev–Trinajstić information content (AvgIpc) is 3.19. The molecular weight excluding hydrogens is 306 g/mol. The smallest absolute Gasteiger partial charge is 0.339 e. The summed E-state index contributed by atoms with van der Waals surface area (Å²) in [6.45, 7) is 0. The van der Waals surface area contributed by atoms with E-state index >= 15 is 0 Å². The van der Waals surface area contributed by atoms with E-state index in [0.29, 0.717) is 5.69 Å². The van der Waals surface area contributed by atoms with E-state index < -0.39 is 5.97 Å². The Morgan fingerprint density at radius 3 is 2.21 bits per heavy atom. The van der Waals surface area contributed by atoms with Gasteiger partial charge in [0.2, 0.25) is 11.8 Å². The molecule has 0 aromatic heterocycles. The van der Waals surface area contributed by atoms with Crippen molar-refractivity contribution in [3.8, 4) is 0 Å². The quantitative estimate of drug-likeness (QED) is 0.475. The molecule has 122 valence electrons. The molecule has 5 heteroatoms. The maximum Gasteiger partial charge on any atom is 0.339 e. The molecule has 2 amide bonds. The normalized spacial score (nSPS) is 34.1. The molecule has 4 aliphatic rings. The number of amides is 2. The second-order valence-corrected chi connectivity index (χ2v) is 7.24. The minimum Gasteiger partial charge on any atom is -0.465 e. The van der Waals surface area contributed by atoms with Crippen molar-refractivity contribution >= 4 is 23.5 Å². The van der Waals surface area contributed by atoms with Gasteiger partial charge in [0.25, 0.3) is 0 Å². The number of imide groups is 1. The molecule has 0 N–H and O–H groups in total. The summed E-state index contributed by atoms with van der Waals surface area (Å²) in [4.78, 5) is 39.4. The third kappa shape index (κ3) is 1.44. The Labute approximate surface area is 139 Å². The molecule has 3 aliphatic carbocycles. The fourth-order valence-corrected chi connectivity index (χ4v) is 5.27. The summed E-state index contributed by atoms with van der Waals surface area (Å²) in [7, 11) is 1.29. The van der Waals surface area contributed by atoms with Crippen LogP contribution in [0.3, 0.4) is 0 Å². The van der Waals surface area contributed by atoms with Gasteiger partial charge in [0.05, 0.1) is 30.2 Å². The van der Waals surface area contributed by atoms with Crippen LogP contribution in [-0.4, -0.2) is 24.9 Å². The number of ether oxygens (including phenoxy) is 1. The Kier molecular flexibility index (Phi) is 2.53. The van der Waals surface area contributed by atoms with Gasteiger partial charge in [-0.05, 0) is 42.2 Å². The summed E-state index contributed by atoms with van der Waals surface area (Å²) in [5, 5.41) is 0. The van der Waals surface area contributed by atoms with Crippen molar-refractivity contribution in [2.45, 2.75) is 12.8 Å². The van der Waals surface area contributed by atoms with Crippen LogP contribution in [0.15, 0.2) is 36.4 Å². The van der Waals surface area contributed by atoms with Crippen LogP contribution in [0.4, 0.5) is 5.69 Å². The minimum absolute atomic E-state index is 0.163. The van der Waals surface area contributed by atoms with Crippen LogP contribution in [-0.2, 0) is 14.3 Å². The van der Waals surface area contributed by atoms with Crippen LogP contribution in [0.5, 0.6) is 0 Å². The van der Waals surface area contributed by atoms with Gasteiger partial charge in [-0.15, -0.1) is 0 Å². The van der Waals surface area contributed by atoms with Crippen molar-refractivity contribution in [3.63, 3.8) is 0 Å². The number of hydrogen-bond acceptors (Lipinski definition) is 4. The Morgan fingerprint density at radius 1 is 1.08 bits per heavy atom. The van der Waals surface area contributed by atoms with E-state index in [2.05, 4.69) is 12.2 Å². The molecule has 1 spiro atoms. The van der Waals surface area contributed by atoms with Gasteiger partial charge in [0.15, 0.2) is 0 Å². The number of esters is 1. The number of carbonyl (C=O) groups excluding carboxylic acids is 3. The standard InChI is InChI=1S/C19H17NO4/c1-24-18(23)10-4-2-3-5-13(10)20-16(21)14-11-6-7-12(15(14)17(20)22)19(11)8-9-19/h2-7,11-12,14-15H,8-9H2,1H3. The average molecular weight is 323 g/mol. The highest BCUT2D eigenvalue weighted by Crippen LogP contribution is 2.73. The molecule has 5 nitrogen and oxygen atoms in total. The number of carbonyl (C=O) groups is 3. The Bertz CT molecular complexity index is 788. The highest BCUT2D eigenvalue weighted by atomic mass is 16.5. The number of rotatable bonds is 2. The van der Waals surface area contributed by atoms with Crippen molar-refractivity contribution < 1.29 is 19.1 Å². The van der Waals surface area contributed by atoms with Crippen molar-refractivity contribution in [3.05, 3.63) is 42.0 Å². The highest BCUT2D eigenvalue weighted by Gasteiger charge is 2.73. The molecule has 4 unspecified atom stereocenters. The molecule has 2 bridgehead atoms. The monoisotopic (exact) mass is 323 g/mol. The summed E-state index contributed by atoms with van der Waals surface area (Å²) >= 11 is 0. The van der Waals surface area contributed by atoms with E-state index in [1.807, 2.05) is 0 Å². The van der Waals surface area contributed by atoms with Crippen LogP contribution < -0.4 is 4.90 Å². The van der Waals surface area contributed by atoms with Crippen LogP contribution in [0.1, 0.15) is 23.2 Å². The van der Waals surface area contributed by atoms with E-state index in [9.17, 15) is 14.4 Å². The summed E-state index contributed by atoms with van der Waals surface area (Å²) in [5.74, 6) is -1.03. The molecule has 24 heavy (non-hydrogen) atoms.